The van der Waals surface area contributed by atoms with E-state index in [1.165, 1.54) is 30.3 Å². The van der Waals surface area contributed by atoms with Crippen molar-refractivity contribution in [3.63, 3.8) is 0 Å². The van der Waals surface area contributed by atoms with E-state index in [9.17, 15) is 18.0 Å². The molecule has 0 aromatic heterocycles. The van der Waals surface area contributed by atoms with Crippen molar-refractivity contribution in [2.24, 2.45) is 0 Å². The average molecular weight is 359 g/mol. The van der Waals surface area contributed by atoms with Gasteiger partial charge in [-0.05, 0) is 24.3 Å². The number of hydrazine groups is 1. The number of nitrogens with one attached hydrogen (secondary N) is 2. The van der Waals surface area contributed by atoms with Gasteiger partial charge in [0.15, 0.2) is 11.5 Å². The van der Waals surface area contributed by atoms with Gasteiger partial charge in [-0.2, -0.15) is 13.2 Å². The Kier molecular flexibility index (Phi) is 4.15. The lowest BCUT2D eigenvalue weighted by Gasteiger charge is -2.15. The number of rotatable bonds is 3. The summed E-state index contributed by atoms with van der Waals surface area (Å²) in [6.07, 6.45) is -4.55. The lowest BCUT2D eigenvalue weighted by Crippen LogP contribution is -2.30. The van der Waals surface area contributed by atoms with Gasteiger partial charge >= 0.3 is 6.18 Å². The second kappa shape index (κ2) is 6.12. The first-order chi connectivity index (χ1) is 11.4. The quantitative estimate of drug-likeness (QED) is 0.818. The highest BCUT2D eigenvalue weighted by molar-refractivity contribution is 6.32. The topological polar surface area (TPSA) is 59.6 Å². The fraction of sp³-hybridized carbons (Fsp3) is 0.133. The fourth-order valence-electron chi connectivity index (χ4n) is 2.13. The number of ether oxygens (including phenoxy) is 2. The van der Waals surface area contributed by atoms with E-state index in [1.807, 2.05) is 0 Å². The van der Waals surface area contributed by atoms with Crippen LogP contribution in [-0.4, -0.2) is 12.7 Å². The van der Waals surface area contributed by atoms with Crippen LogP contribution in [0.15, 0.2) is 36.4 Å². The standard InChI is InChI=1S/C15H10ClF3N2O3/c16-10-5-8(6-12-13(10)24-7-23-12)14(22)21-20-11-4-2-1-3-9(11)15(17,18)19/h1-6,20H,7H2,(H,21,22). The van der Waals surface area contributed by atoms with E-state index in [4.69, 9.17) is 21.1 Å². The van der Waals surface area contributed by atoms with Gasteiger partial charge in [-0.3, -0.25) is 15.6 Å². The van der Waals surface area contributed by atoms with E-state index < -0.39 is 17.6 Å². The summed E-state index contributed by atoms with van der Waals surface area (Å²) in [6.45, 7) is -0.0165. The minimum absolute atomic E-state index is 0.0165. The van der Waals surface area contributed by atoms with E-state index in [2.05, 4.69) is 10.9 Å². The van der Waals surface area contributed by atoms with Gasteiger partial charge in [0.05, 0.1) is 16.3 Å². The van der Waals surface area contributed by atoms with Crippen molar-refractivity contribution in [2.75, 3.05) is 12.2 Å². The van der Waals surface area contributed by atoms with Gasteiger partial charge in [0, 0.05) is 5.56 Å². The first kappa shape index (κ1) is 16.3. The number of fused-ring (bicyclic) bond motifs is 1. The predicted octanol–water partition coefficient (Wildman–Crippen LogP) is 3.84. The van der Waals surface area contributed by atoms with E-state index in [-0.39, 0.29) is 23.1 Å². The van der Waals surface area contributed by atoms with Gasteiger partial charge in [0.25, 0.3) is 5.91 Å². The summed E-state index contributed by atoms with van der Waals surface area (Å²) < 4.78 is 49.0. The third-order valence-electron chi connectivity index (χ3n) is 3.23. The molecule has 0 bridgehead atoms. The molecule has 24 heavy (non-hydrogen) atoms. The SMILES string of the molecule is O=C(NNc1ccccc1C(F)(F)F)c1cc(Cl)c2c(c1)OCO2. The summed E-state index contributed by atoms with van der Waals surface area (Å²) in [5.74, 6) is -0.0564. The van der Waals surface area contributed by atoms with E-state index in [1.54, 1.807) is 0 Å². The molecule has 0 radical (unpaired) electrons. The molecule has 2 aromatic carbocycles. The van der Waals surface area contributed by atoms with Crippen LogP contribution >= 0.6 is 11.6 Å². The lowest BCUT2D eigenvalue weighted by atomic mass is 10.1. The number of carbonyl (C=O) groups excluding carboxylic acids is 1. The summed E-state index contributed by atoms with van der Waals surface area (Å²) in [5, 5.41) is 0.172. The molecule has 1 heterocycles. The molecular formula is C15H10ClF3N2O3. The molecule has 9 heteroatoms. The van der Waals surface area contributed by atoms with Gasteiger partial charge in [-0.25, -0.2) is 0 Å². The maximum Gasteiger partial charge on any atom is 0.418 e. The predicted molar refractivity (Wildman–Crippen MR) is 80.1 cm³/mol. The number of anilines is 1. The van der Waals surface area contributed by atoms with Crippen LogP contribution in [0.4, 0.5) is 18.9 Å². The van der Waals surface area contributed by atoms with Gasteiger partial charge in [-0.15, -0.1) is 0 Å². The van der Waals surface area contributed by atoms with Crippen LogP contribution in [0.5, 0.6) is 11.5 Å². The van der Waals surface area contributed by atoms with Crippen molar-refractivity contribution in [2.45, 2.75) is 6.18 Å². The number of halogens is 4. The Morgan fingerprint density at radius 2 is 1.92 bits per heavy atom. The first-order valence-corrected chi connectivity index (χ1v) is 7.06. The van der Waals surface area contributed by atoms with Crippen LogP contribution in [0, 0.1) is 0 Å². The summed E-state index contributed by atoms with van der Waals surface area (Å²) >= 11 is 5.97. The summed E-state index contributed by atoms with van der Waals surface area (Å²) in [7, 11) is 0. The molecule has 2 aromatic rings. The van der Waals surface area contributed by atoms with Crippen molar-refractivity contribution in [3.05, 3.63) is 52.5 Å². The molecule has 0 atom stereocenters. The van der Waals surface area contributed by atoms with Crippen molar-refractivity contribution in [3.8, 4) is 11.5 Å². The second-order valence-electron chi connectivity index (χ2n) is 4.81. The molecule has 1 amide bonds. The number of carbonyl (C=O) groups is 1. The van der Waals surface area contributed by atoms with Crippen LogP contribution < -0.4 is 20.3 Å². The van der Waals surface area contributed by atoms with Crippen molar-refractivity contribution < 1.29 is 27.4 Å². The highest BCUT2D eigenvalue weighted by Gasteiger charge is 2.33. The van der Waals surface area contributed by atoms with Crippen LogP contribution in [0.1, 0.15) is 15.9 Å². The molecule has 0 fully saturated rings. The minimum atomic E-state index is -4.55. The maximum absolute atomic E-state index is 12.9. The molecule has 0 spiro atoms. The van der Waals surface area contributed by atoms with E-state index in [0.29, 0.717) is 11.5 Å². The van der Waals surface area contributed by atoms with Gasteiger partial charge in [0.1, 0.15) is 0 Å². The molecule has 1 aliphatic heterocycles. The molecule has 0 saturated carbocycles. The molecule has 0 aliphatic carbocycles. The molecule has 2 N–H and O–H groups in total. The molecule has 0 saturated heterocycles. The van der Waals surface area contributed by atoms with E-state index >= 15 is 0 Å². The minimum Gasteiger partial charge on any atom is -0.454 e. The third kappa shape index (κ3) is 3.18. The van der Waals surface area contributed by atoms with Crippen molar-refractivity contribution >= 4 is 23.2 Å². The molecule has 5 nitrogen and oxygen atoms in total. The Bertz CT molecular complexity index is 796. The Balaban J connectivity index is 1.77. The Morgan fingerprint density at radius 1 is 1.17 bits per heavy atom. The Morgan fingerprint density at radius 3 is 2.67 bits per heavy atom. The second-order valence-corrected chi connectivity index (χ2v) is 5.22. The van der Waals surface area contributed by atoms with Gasteiger partial charge < -0.3 is 9.47 Å². The smallest absolute Gasteiger partial charge is 0.418 e. The highest BCUT2D eigenvalue weighted by Crippen LogP contribution is 2.39. The molecule has 3 rings (SSSR count). The number of amides is 1. The summed E-state index contributed by atoms with van der Waals surface area (Å²) in [6, 6.07) is 7.51. The van der Waals surface area contributed by atoms with Crippen molar-refractivity contribution in [1.29, 1.82) is 0 Å². The van der Waals surface area contributed by atoms with Gasteiger partial charge in [-0.1, -0.05) is 23.7 Å². The summed E-state index contributed by atoms with van der Waals surface area (Å²) in [4.78, 5) is 12.1. The number of hydrogen-bond donors (Lipinski definition) is 2. The fourth-order valence-corrected chi connectivity index (χ4v) is 2.40. The molecule has 126 valence electrons. The van der Waals surface area contributed by atoms with E-state index in [0.717, 1.165) is 6.07 Å². The monoisotopic (exact) mass is 358 g/mol. The van der Waals surface area contributed by atoms with Crippen LogP contribution in [-0.2, 0) is 6.18 Å². The van der Waals surface area contributed by atoms with Crippen molar-refractivity contribution in [1.82, 2.24) is 5.43 Å². The first-order valence-electron chi connectivity index (χ1n) is 6.68. The normalized spacial score (nSPS) is 12.8. The Labute approximate surface area is 139 Å². The van der Waals surface area contributed by atoms with Crippen LogP contribution in [0.2, 0.25) is 5.02 Å². The summed E-state index contributed by atoms with van der Waals surface area (Å²) in [5.41, 5.74) is 3.42. The number of benzene rings is 2. The average Bonchev–Trinajstić information content (AvgIpc) is 3.01. The highest BCUT2D eigenvalue weighted by atomic mass is 35.5. The zero-order valence-electron chi connectivity index (χ0n) is 11.9. The largest absolute Gasteiger partial charge is 0.454 e. The lowest BCUT2D eigenvalue weighted by molar-refractivity contribution is -0.137. The number of para-hydroxylation sites is 1. The molecule has 0 unspecified atom stereocenters. The molecular weight excluding hydrogens is 349 g/mol. The van der Waals surface area contributed by atoms with Crippen LogP contribution in [0.25, 0.3) is 0 Å². The van der Waals surface area contributed by atoms with Crippen LogP contribution in [0.3, 0.4) is 0 Å². The maximum atomic E-state index is 12.9. The number of hydrogen-bond acceptors (Lipinski definition) is 4. The molecule has 1 aliphatic rings. The third-order valence-corrected chi connectivity index (χ3v) is 3.51. The number of alkyl halides is 3. The zero-order chi connectivity index (χ0) is 17.3. The zero-order valence-corrected chi connectivity index (χ0v) is 12.7. The van der Waals surface area contributed by atoms with Gasteiger partial charge in [0.2, 0.25) is 6.79 Å². The Hall–Kier alpha value is -2.61.